The molecule has 0 aromatic heterocycles. The van der Waals surface area contributed by atoms with Crippen LogP contribution in [0.2, 0.25) is 0 Å². The molecule has 0 aliphatic rings. The standard InChI is InChI=1S/C17H35NO4/c1-8-13(21)9-14(18-11-19)17(6,7)10-15(16(3,4)5)22-12(2)20/h13-15,18-19,21H,8-11H2,1-7H3. The van der Waals surface area contributed by atoms with E-state index in [9.17, 15) is 15.0 Å². The molecule has 5 heteroatoms. The van der Waals surface area contributed by atoms with Crippen molar-refractivity contribution < 1.29 is 19.7 Å². The molecular formula is C17H35NO4. The van der Waals surface area contributed by atoms with Gasteiger partial charge < -0.3 is 14.9 Å². The lowest BCUT2D eigenvalue weighted by Crippen LogP contribution is -2.48. The highest BCUT2D eigenvalue weighted by atomic mass is 16.5. The molecule has 0 bridgehead atoms. The summed E-state index contributed by atoms with van der Waals surface area (Å²) >= 11 is 0. The van der Waals surface area contributed by atoms with E-state index in [0.717, 1.165) is 0 Å². The fourth-order valence-corrected chi connectivity index (χ4v) is 2.57. The van der Waals surface area contributed by atoms with E-state index < -0.39 is 6.10 Å². The molecule has 0 saturated heterocycles. The van der Waals surface area contributed by atoms with Crippen LogP contribution < -0.4 is 5.32 Å². The van der Waals surface area contributed by atoms with Crippen LogP contribution in [0.25, 0.3) is 0 Å². The lowest BCUT2D eigenvalue weighted by molar-refractivity contribution is -0.154. The van der Waals surface area contributed by atoms with Gasteiger partial charge in [-0.1, -0.05) is 41.5 Å². The van der Waals surface area contributed by atoms with Gasteiger partial charge in [0.2, 0.25) is 0 Å². The van der Waals surface area contributed by atoms with E-state index >= 15 is 0 Å². The molecule has 0 radical (unpaired) electrons. The van der Waals surface area contributed by atoms with E-state index in [0.29, 0.717) is 19.3 Å². The Hall–Kier alpha value is -0.650. The molecule has 3 unspecified atom stereocenters. The van der Waals surface area contributed by atoms with E-state index in [-0.39, 0.29) is 35.7 Å². The van der Waals surface area contributed by atoms with Crippen molar-refractivity contribution in [2.24, 2.45) is 10.8 Å². The lowest BCUT2D eigenvalue weighted by Gasteiger charge is -2.41. The summed E-state index contributed by atoms with van der Waals surface area (Å²) in [6.07, 6.45) is 1.25. The van der Waals surface area contributed by atoms with E-state index in [4.69, 9.17) is 4.74 Å². The molecule has 0 spiro atoms. The number of rotatable bonds is 9. The third kappa shape index (κ3) is 7.56. The number of carbonyl (C=O) groups is 1. The minimum Gasteiger partial charge on any atom is -0.462 e. The zero-order chi connectivity index (χ0) is 17.6. The highest BCUT2D eigenvalue weighted by Crippen LogP contribution is 2.37. The van der Waals surface area contributed by atoms with Crippen molar-refractivity contribution in [2.75, 3.05) is 6.73 Å². The maximum atomic E-state index is 11.4. The molecule has 22 heavy (non-hydrogen) atoms. The zero-order valence-electron chi connectivity index (χ0n) is 15.3. The number of aliphatic hydroxyl groups is 2. The van der Waals surface area contributed by atoms with Gasteiger partial charge in [-0.2, -0.15) is 0 Å². The number of carbonyl (C=O) groups excluding carboxylic acids is 1. The largest absolute Gasteiger partial charge is 0.462 e. The summed E-state index contributed by atoms with van der Waals surface area (Å²) in [5, 5.41) is 22.3. The van der Waals surface area contributed by atoms with Gasteiger partial charge in [0.15, 0.2) is 0 Å². The fourth-order valence-electron chi connectivity index (χ4n) is 2.57. The molecule has 0 aliphatic carbocycles. The van der Waals surface area contributed by atoms with E-state index in [1.165, 1.54) is 6.92 Å². The summed E-state index contributed by atoms with van der Waals surface area (Å²) in [6.45, 7) is 13.5. The molecule has 5 nitrogen and oxygen atoms in total. The molecule has 132 valence electrons. The molecule has 0 rings (SSSR count). The monoisotopic (exact) mass is 317 g/mol. The first kappa shape index (κ1) is 21.4. The Kier molecular flexibility index (Phi) is 8.58. The summed E-state index contributed by atoms with van der Waals surface area (Å²) in [6, 6.07) is -0.0622. The molecule has 3 atom stereocenters. The van der Waals surface area contributed by atoms with Crippen molar-refractivity contribution >= 4 is 5.97 Å². The van der Waals surface area contributed by atoms with Gasteiger partial charge in [0, 0.05) is 13.0 Å². The number of hydrogen-bond acceptors (Lipinski definition) is 5. The van der Waals surface area contributed by atoms with Gasteiger partial charge in [0.05, 0.1) is 12.8 Å². The summed E-state index contributed by atoms with van der Waals surface area (Å²) in [4.78, 5) is 11.4. The highest BCUT2D eigenvalue weighted by molar-refractivity contribution is 5.66. The van der Waals surface area contributed by atoms with Crippen LogP contribution >= 0.6 is 0 Å². The van der Waals surface area contributed by atoms with E-state index in [1.54, 1.807) is 0 Å². The van der Waals surface area contributed by atoms with Crippen molar-refractivity contribution in [3.63, 3.8) is 0 Å². The second-order valence-electron chi connectivity index (χ2n) is 7.87. The molecule has 0 fully saturated rings. The van der Waals surface area contributed by atoms with Gasteiger partial charge >= 0.3 is 5.97 Å². The summed E-state index contributed by atoms with van der Waals surface area (Å²) in [5.41, 5.74) is -0.414. The summed E-state index contributed by atoms with van der Waals surface area (Å²) in [5.74, 6) is -0.281. The molecule has 3 N–H and O–H groups in total. The molecule has 0 aromatic rings. The Morgan fingerprint density at radius 1 is 1.23 bits per heavy atom. The molecular weight excluding hydrogens is 282 g/mol. The number of nitrogens with one attached hydrogen (secondary N) is 1. The number of esters is 1. The second kappa shape index (κ2) is 8.85. The SMILES string of the molecule is CCC(O)CC(NCO)C(C)(C)CC(OC(C)=O)C(C)(C)C. The number of ether oxygens (including phenoxy) is 1. The molecule has 0 amide bonds. The van der Waals surface area contributed by atoms with Crippen molar-refractivity contribution in [2.45, 2.75) is 86.0 Å². The van der Waals surface area contributed by atoms with Crippen LogP contribution in [0.1, 0.15) is 67.7 Å². The minimum absolute atomic E-state index is 0.0622. The van der Waals surface area contributed by atoms with Crippen LogP contribution in [0, 0.1) is 10.8 Å². The van der Waals surface area contributed by atoms with Crippen molar-refractivity contribution in [1.82, 2.24) is 5.32 Å². The zero-order valence-corrected chi connectivity index (χ0v) is 15.3. The summed E-state index contributed by atoms with van der Waals surface area (Å²) < 4.78 is 5.52. The first-order valence-corrected chi connectivity index (χ1v) is 8.13. The normalized spacial score (nSPS) is 17.0. The molecule has 0 saturated carbocycles. The topological polar surface area (TPSA) is 78.8 Å². The first-order valence-electron chi connectivity index (χ1n) is 8.13. The summed E-state index contributed by atoms with van der Waals surface area (Å²) in [7, 11) is 0. The Morgan fingerprint density at radius 3 is 2.14 bits per heavy atom. The molecule has 0 aromatic carbocycles. The Morgan fingerprint density at radius 2 is 1.77 bits per heavy atom. The average Bonchev–Trinajstić information content (AvgIpc) is 2.35. The smallest absolute Gasteiger partial charge is 0.302 e. The van der Waals surface area contributed by atoms with E-state index in [2.05, 4.69) is 19.2 Å². The maximum Gasteiger partial charge on any atom is 0.302 e. The Balaban J connectivity index is 5.13. The van der Waals surface area contributed by atoms with Crippen molar-refractivity contribution in [3.05, 3.63) is 0 Å². The highest BCUT2D eigenvalue weighted by Gasteiger charge is 2.38. The minimum atomic E-state index is -0.412. The van der Waals surface area contributed by atoms with Gasteiger partial charge in [-0.3, -0.25) is 10.1 Å². The Labute approximate surface area is 135 Å². The Bertz CT molecular complexity index is 336. The maximum absolute atomic E-state index is 11.4. The average molecular weight is 317 g/mol. The van der Waals surface area contributed by atoms with Gasteiger partial charge in [-0.15, -0.1) is 0 Å². The van der Waals surface area contributed by atoms with Crippen LogP contribution in [0.5, 0.6) is 0 Å². The van der Waals surface area contributed by atoms with Crippen LogP contribution in [-0.2, 0) is 9.53 Å². The predicted molar refractivity (Wildman–Crippen MR) is 88.3 cm³/mol. The van der Waals surface area contributed by atoms with Crippen molar-refractivity contribution in [3.8, 4) is 0 Å². The van der Waals surface area contributed by atoms with Gasteiger partial charge in [0.1, 0.15) is 6.10 Å². The fraction of sp³-hybridized carbons (Fsp3) is 0.941. The lowest BCUT2D eigenvalue weighted by atomic mass is 9.72. The third-order valence-corrected chi connectivity index (χ3v) is 4.25. The first-order chi connectivity index (χ1) is 9.93. The van der Waals surface area contributed by atoms with E-state index in [1.807, 2.05) is 27.7 Å². The second-order valence-corrected chi connectivity index (χ2v) is 7.87. The van der Waals surface area contributed by atoms with Crippen LogP contribution in [-0.4, -0.2) is 41.2 Å². The van der Waals surface area contributed by atoms with Crippen LogP contribution in [0.4, 0.5) is 0 Å². The van der Waals surface area contributed by atoms with Gasteiger partial charge in [-0.25, -0.2) is 0 Å². The van der Waals surface area contributed by atoms with Gasteiger partial charge in [0.25, 0.3) is 0 Å². The van der Waals surface area contributed by atoms with Crippen LogP contribution in [0.3, 0.4) is 0 Å². The third-order valence-electron chi connectivity index (χ3n) is 4.25. The van der Waals surface area contributed by atoms with Gasteiger partial charge in [-0.05, 0) is 30.1 Å². The number of aliphatic hydroxyl groups excluding tert-OH is 2. The quantitative estimate of drug-likeness (QED) is 0.450. The van der Waals surface area contributed by atoms with Crippen LogP contribution in [0.15, 0.2) is 0 Å². The predicted octanol–water partition coefficient (Wildman–Crippen LogP) is 2.45. The number of hydrogen-bond donors (Lipinski definition) is 3. The molecule has 0 aliphatic heterocycles. The molecule has 0 heterocycles. The van der Waals surface area contributed by atoms with Crippen molar-refractivity contribution in [1.29, 1.82) is 0 Å².